The fraction of sp³-hybridized carbons (Fsp3) is 0.528. The summed E-state index contributed by atoms with van der Waals surface area (Å²) in [6.07, 6.45) is 16.2. The van der Waals surface area contributed by atoms with Crippen molar-refractivity contribution >= 4 is 28.9 Å². The number of ether oxygens (including phenoxy) is 1. The van der Waals surface area contributed by atoms with Crippen molar-refractivity contribution in [2.45, 2.75) is 119 Å². The average molecular weight is 546 g/mol. The zero-order chi connectivity index (χ0) is 29.9. The Morgan fingerprint density at radius 2 is 1.68 bits per heavy atom. The van der Waals surface area contributed by atoms with Crippen LogP contribution < -0.4 is 4.74 Å². The van der Waals surface area contributed by atoms with Crippen molar-refractivity contribution in [1.82, 2.24) is 0 Å². The normalized spacial score (nSPS) is 18.6. The Balaban J connectivity index is 0.00000134. The standard InChI is InChI=1S/C32H39NO3.2C2H6/c1-21(2)18-24-19-27-23(20-29(24)36-5)16-17-26-30(27)32(4,25-13-9-7-10-14-25)33-31(26)28(35)15-11-6-8-12-22(3)34;2*1-2/h9,13-14,18-20H,6-8,10-12,15-17H2,1-5H3;2*1-2H3. The quantitative estimate of drug-likeness (QED) is 0.275. The maximum absolute atomic E-state index is 13.5. The molecule has 0 bridgehead atoms. The van der Waals surface area contributed by atoms with E-state index in [2.05, 4.69) is 57.2 Å². The van der Waals surface area contributed by atoms with Crippen molar-refractivity contribution in [3.8, 4) is 5.75 Å². The van der Waals surface area contributed by atoms with E-state index in [1.807, 2.05) is 27.7 Å². The minimum absolute atomic E-state index is 0.135. The molecule has 1 atom stereocenters. The Hall–Kier alpha value is -3.01. The Bertz CT molecular complexity index is 1220. The first-order valence-corrected chi connectivity index (χ1v) is 15.3. The molecule has 0 amide bonds. The molecule has 0 N–H and O–H groups in total. The van der Waals surface area contributed by atoms with Gasteiger partial charge in [0.05, 0.1) is 7.11 Å². The molecule has 0 saturated heterocycles. The molecule has 0 fully saturated rings. The van der Waals surface area contributed by atoms with Crippen LogP contribution in [0.1, 0.15) is 123 Å². The van der Waals surface area contributed by atoms with Crippen LogP contribution in [0.25, 0.3) is 11.6 Å². The lowest BCUT2D eigenvalue weighted by molar-refractivity contribution is -0.117. The van der Waals surface area contributed by atoms with E-state index < -0.39 is 5.54 Å². The minimum atomic E-state index is -0.572. The number of hydrogen-bond acceptors (Lipinski definition) is 4. The molecule has 0 radical (unpaired) electrons. The highest BCUT2D eigenvalue weighted by atomic mass is 16.5. The van der Waals surface area contributed by atoms with Crippen molar-refractivity contribution in [2.75, 3.05) is 7.11 Å². The average Bonchev–Trinajstić information content (AvgIpc) is 3.28. The molecule has 1 unspecified atom stereocenters. The number of unbranched alkanes of at least 4 members (excludes halogenated alkanes) is 2. The van der Waals surface area contributed by atoms with Gasteiger partial charge in [0.2, 0.25) is 0 Å². The number of nitrogens with zero attached hydrogens (tertiary/aromatic N) is 1. The van der Waals surface area contributed by atoms with Crippen molar-refractivity contribution in [3.63, 3.8) is 0 Å². The zero-order valence-electron chi connectivity index (χ0n) is 26.5. The summed E-state index contributed by atoms with van der Waals surface area (Å²) < 4.78 is 5.74. The SMILES string of the molecule is CC.CC.COc1cc2c(cc1C=C(C)C)C1=C(CC2)C(C(=O)CCCCCC(C)=O)=NC1(C)C1=CCCC=C1. The Morgan fingerprint density at radius 1 is 0.975 bits per heavy atom. The summed E-state index contributed by atoms with van der Waals surface area (Å²) in [7, 11) is 1.73. The fourth-order valence-electron chi connectivity index (χ4n) is 5.73. The molecule has 0 saturated carbocycles. The van der Waals surface area contributed by atoms with Gasteiger partial charge in [-0.3, -0.25) is 9.79 Å². The van der Waals surface area contributed by atoms with Crippen molar-refractivity contribution in [3.05, 3.63) is 63.8 Å². The number of carbonyl (C=O) groups is 2. The van der Waals surface area contributed by atoms with Crippen LogP contribution in [0, 0.1) is 0 Å². The lowest BCUT2D eigenvalue weighted by Crippen LogP contribution is -2.26. The van der Waals surface area contributed by atoms with Crippen LogP contribution in [0.3, 0.4) is 0 Å². The first-order valence-electron chi connectivity index (χ1n) is 15.3. The highest BCUT2D eigenvalue weighted by Crippen LogP contribution is 2.50. The van der Waals surface area contributed by atoms with Gasteiger partial charge in [0.1, 0.15) is 22.8 Å². The van der Waals surface area contributed by atoms with Gasteiger partial charge in [-0.2, -0.15) is 0 Å². The molecule has 1 aliphatic heterocycles. The summed E-state index contributed by atoms with van der Waals surface area (Å²) in [5.74, 6) is 1.24. The van der Waals surface area contributed by atoms with E-state index in [-0.39, 0.29) is 11.6 Å². The van der Waals surface area contributed by atoms with Crippen LogP contribution in [0.2, 0.25) is 0 Å². The molecule has 0 aromatic heterocycles. The number of fused-ring (bicyclic) bond motifs is 2. The van der Waals surface area contributed by atoms with Gasteiger partial charge in [-0.1, -0.05) is 64.0 Å². The summed E-state index contributed by atoms with van der Waals surface area (Å²) in [5.41, 5.74) is 8.31. The van der Waals surface area contributed by atoms with Gasteiger partial charge in [-0.15, -0.1) is 0 Å². The van der Waals surface area contributed by atoms with E-state index in [0.717, 1.165) is 61.8 Å². The number of aryl methyl sites for hydroxylation is 1. The smallest absolute Gasteiger partial charge is 0.181 e. The molecular formula is C36H51NO3. The molecule has 4 heteroatoms. The van der Waals surface area contributed by atoms with Crippen molar-refractivity contribution in [1.29, 1.82) is 0 Å². The zero-order valence-corrected chi connectivity index (χ0v) is 26.5. The van der Waals surface area contributed by atoms with Gasteiger partial charge in [0.25, 0.3) is 0 Å². The number of carbonyl (C=O) groups excluding carboxylic acids is 2. The minimum Gasteiger partial charge on any atom is -0.496 e. The number of methoxy groups -OCH3 is 1. The van der Waals surface area contributed by atoms with E-state index in [4.69, 9.17) is 9.73 Å². The van der Waals surface area contributed by atoms with Gasteiger partial charge in [0, 0.05) is 18.4 Å². The van der Waals surface area contributed by atoms with Crippen LogP contribution in [0.5, 0.6) is 5.75 Å². The third-order valence-electron chi connectivity index (χ3n) is 7.48. The van der Waals surface area contributed by atoms with Crippen LogP contribution >= 0.6 is 0 Å². The fourth-order valence-corrected chi connectivity index (χ4v) is 5.73. The molecule has 1 aromatic rings. The van der Waals surface area contributed by atoms with E-state index in [9.17, 15) is 9.59 Å². The molecule has 4 nitrogen and oxygen atoms in total. The van der Waals surface area contributed by atoms with Crippen LogP contribution in [0.15, 0.2) is 52.1 Å². The Morgan fingerprint density at radius 3 is 2.27 bits per heavy atom. The van der Waals surface area contributed by atoms with E-state index in [1.54, 1.807) is 14.0 Å². The van der Waals surface area contributed by atoms with Gasteiger partial charge in [0.15, 0.2) is 5.78 Å². The molecule has 3 aliphatic rings. The largest absolute Gasteiger partial charge is 0.496 e. The van der Waals surface area contributed by atoms with Crippen LogP contribution in [0.4, 0.5) is 0 Å². The summed E-state index contributed by atoms with van der Waals surface area (Å²) in [4.78, 5) is 30.0. The van der Waals surface area contributed by atoms with E-state index in [0.29, 0.717) is 18.6 Å². The molecule has 4 rings (SSSR count). The second-order valence-corrected chi connectivity index (χ2v) is 10.7. The maximum atomic E-state index is 13.5. The number of benzene rings is 1. The summed E-state index contributed by atoms with van der Waals surface area (Å²) >= 11 is 0. The number of aliphatic imine (C=N–C) groups is 1. The Kier molecular flexibility index (Phi) is 13.0. The number of hydrogen-bond donors (Lipinski definition) is 0. The molecule has 2 aliphatic carbocycles. The van der Waals surface area contributed by atoms with Gasteiger partial charge in [-0.25, -0.2) is 0 Å². The number of allylic oxidation sites excluding steroid dienone is 4. The lowest BCUT2D eigenvalue weighted by atomic mass is 9.73. The molecule has 1 heterocycles. The number of rotatable bonds is 10. The number of ketones is 2. The molecule has 218 valence electrons. The molecule has 0 spiro atoms. The summed E-state index contributed by atoms with van der Waals surface area (Å²) in [6, 6.07) is 4.42. The third kappa shape index (κ3) is 7.59. The second kappa shape index (κ2) is 15.7. The maximum Gasteiger partial charge on any atom is 0.181 e. The summed E-state index contributed by atoms with van der Waals surface area (Å²) in [5, 5.41) is 0. The topological polar surface area (TPSA) is 55.7 Å². The predicted molar refractivity (Wildman–Crippen MR) is 171 cm³/mol. The van der Waals surface area contributed by atoms with Gasteiger partial charge < -0.3 is 9.53 Å². The second-order valence-electron chi connectivity index (χ2n) is 10.7. The predicted octanol–water partition coefficient (Wildman–Crippen LogP) is 9.47. The molecular weight excluding hydrogens is 494 g/mol. The third-order valence-corrected chi connectivity index (χ3v) is 7.48. The monoisotopic (exact) mass is 545 g/mol. The highest BCUT2D eigenvalue weighted by molar-refractivity contribution is 6.49. The van der Waals surface area contributed by atoms with Gasteiger partial charge in [-0.05, 0) is 106 Å². The summed E-state index contributed by atoms with van der Waals surface area (Å²) in [6.45, 7) is 16.0. The van der Waals surface area contributed by atoms with Crippen LogP contribution in [-0.4, -0.2) is 29.9 Å². The first kappa shape index (κ1) is 33.2. The van der Waals surface area contributed by atoms with Crippen molar-refractivity contribution < 1.29 is 14.3 Å². The molecule has 40 heavy (non-hydrogen) atoms. The lowest BCUT2D eigenvalue weighted by Gasteiger charge is -2.32. The number of Topliss-reactive ketones (excluding diaryl/α,β-unsaturated/α-hetero) is 2. The van der Waals surface area contributed by atoms with Gasteiger partial charge >= 0.3 is 0 Å². The van der Waals surface area contributed by atoms with Crippen molar-refractivity contribution in [2.24, 2.45) is 4.99 Å². The van der Waals surface area contributed by atoms with E-state index >= 15 is 0 Å². The van der Waals surface area contributed by atoms with Crippen LogP contribution in [-0.2, 0) is 16.0 Å². The van der Waals surface area contributed by atoms with E-state index in [1.165, 1.54) is 27.8 Å². The first-order chi connectivity index (χ1) is 19.2. The molecule has 1 aromatic carbocycles. The Labute approximate surface area is 243 Å². The highest BCUT2D eigenvalue weighted by Gasteiger charge is 2.44.